The number of anilines is 1. The summed E-state index contributed by atoms with van der Waals surface area (Å²) in [6.45, 7) is 0. The number of hydrogen-bond donors (Lipinski definition) is 1. The highest BCUT2D eigenvalue weighted by atomic mass is 32.2. The molecule has 1 N–H and O–H groups in total. The van der Waals surface area contributed by atoms with Crippen molar-refractivity contribution in [3.05, 3.63) is 40.7 Å². The maximum Gasteiger partial charge on any atom is 0.343 e. The van der Waals surface area contributed by atoms with Gasteiger partial charge in [0.2, 0.25) is 5.82 Å². The van der Waals surface area contributed by atoms with E-state index in [9.17, 15) is 10.1 Å². The van der Waals surface area contributed by atoms with Crippen LogP contribution >= 0.6 is 23.1 Å². The highest BCUT2D eigenvalue weighted by Crippen LogP contribution is 2.39. The number of nitrogens with one attached hydrogen (secondary N) is 1. The molecule has 0 aliphatic carbocycles. The molecule has 2 heterocycles. The molecule has 21 heavy (non-hydrogen) atoms. The first kappa shape index (κ1) is 13.7. The molecule has 0 fully saturated rings. The lowest BCUT2D eigenvalue weighted by Gasteiger charge is -2.03. The molecule has 2 aromatic heterocycles. The van der Waals surface area contributed by atoms with Crippen LogP contribution in [-0.2, 0) is 0 Å². The molecule has 0 unspecified atom stereocenters. The van der Waals surface area contributed by atoms with E-state index in [4.69, 9.17) is 0 Å². The fourth-order valence-corrected chi connectivity index (χ4v) is 3.81. The van der Waals surface area contributed by atoms with Crippen molar-refractivity contribution in [2.75, 3.05) is 12.4 Å². The van der Waals surface area contributed by atoms with Gasteiger partial charge in [-0.2, -0.15) is 0 Å². The molecule has 0 aliphatic heterocycles. The van der Waals surface area contributed by atoms with Crippen molar-refractivity contribution >= 4 is 44.8 Å². The lowest BCUT2D eigenvalue weighted by molar-refractivity contribution is -0.387. The van der Waals surface area contributed by atoms with E-state index in [1.807, 2.05) is 24.3 Å². The number of benzene rings is 1. The number of aromatic nitrogens is 3. The summed E-state index contributed by atoms with van der Waals surface area (Å²) >= 11 is 2.65. The van der Waals surface area contributed by atoms with E-state index in [1.54, 1.807) is 7.05 Å². The first-order valence-corrected chi connectivity index (χ1v) is 7.53. The van der Waals surface area contributed by atoms with Gasteiger partial charge in [0.15, 0.2) is 9.37 Å². The normalized spacial score (nSPS) is 10.7. The van der Waals surface area contributed by atoms with Gasteiger partial charge in [-0.1, -0.05) is 12.1 Å². The number of nitro groups is 1. The number of para-hydroxylation sites is 1. The van der Waals surface area contributed by atoms with Gasteiger partial charge in [0.05, 0.1) is 15.1 Å². The third-order valence-corrected chi connectivity index (χ3v) is 4.76. The molecular formula is C12H9N5O2S2. The highest BCUT2D eigenvalue weighted by molar-refractivity contribution is 8.01. The quantitative estimate of drug-likeness (QED) is 0.448. The Hall–Kier alpha value is -2.26. The van der Waals surface area contributed by atoms with Crippen molar-refractivity contribution in [1.82, 2.24) is 15.0 Å². The Bertz CT molecular complexity index is 787. The van der Waals surface area contributed by atoms with E-state index < -0.39 is 4.92 Å². The van der Waals surface area contributed by atoms with Gasteiger partial charge < -0.3 is 5.32 Å². The van der Waals surface area contributed by atoms with Crippen LogP contribution in [0.4, 0.5) is 11.5 Å². The Kier molecular flexibility index (Phi) is 3.67. The molecule has 0 amide bonds. The molecule has 1 aromatic carbocycles. The van der Waals surface area contributed by atoms with Crippen molar-refractivity contribution < 1.29 is 4.92 Å². The summed E-state index contributed by atoms with van der Waals surface area (Å²) in [5.74, 6) is 0.193. The largest absolute Gasteiger partial charge is 0.367 e. The van der Waals surface area contributed by atoms with E-state index in [1.165, 1.54) is 29.4 Å². The van der Waals surface area contributed by atoms with Gasteiger partial charge in [0.25, 0.3) is 0 Å². The molecule has 9 heteroatoms. The molecule has 0 saturated carbocycles. The van der Waals surface area contributed by atoms with Gasteiger partial charge in [-0.3, -0.25) is 10.1 Å². The molecular weight excluding hydrogens is 310 g/mol. The molecule has 7 nitrogen and oxygen atoms in total. The van der Waals surface area contributed by atoms with Gasteiger partial charge >= 0.3 is 5.69 Å². The van der Waals surface area contributed by atoms with Crippen molar-refractivity contribution in [2.24, 2.45) is 0 Å². The first-order valence-electron chi connectivity index (χ1n) is 5.89. The van der Waals surface area contributed by atoms with Crippen LogP contribution in [0.3, 0.4) is 0 Å². The molecule has 0 spiro atoms. The fraction of sp³-hybridized carbons (Fsp3) is 0.0833. The molecule has 3 rings (SSSR count). The molecule has 0 radical (unpaired) electrons. The van der Waals surface area contributed by atoms with Crippen molar-refractivity contribution in [3.63, 3.8) is 0 Å². The number of nitrogens with zero attached hydrogens (tertiary/aromatic N) is 4. The summed E-state index contributed by atoms with van der Waals surface area (Å²) in [6.07, 6.45) is 1.30. The maximum absolute atomic E-state index is 11.2. The van der Waals surface area contributed by atoms with Crippen LogP contribution in [0.5, 0.6) is 0 Å². The van der Waals surface area contributed by atoms with Crippen molar-refractivity contribution in [2.45, 2.75) is 9.37 Å². The lowest BCUT2D eigenvalue weighted by Crippen LogP contribution is -2.02. The summed E-state index contributed by atoms with van der Waals surface area (Å²) in [5.41, 5.74) is 0.736. The summed E-state index contributed by atoms with van der Waals surface area (Å²) in [4.78, 5) is 23.1. The monoisotopic (exact) mass is 319 g/mol. The molecule has 0 aliphatic rings. The average molecular weight is 319 g/mol. The minimum absolute atomic E-state index is 0.135. The molecule has 0 atom stereocenters. The highest BCUT2D eigenvalue weighted by Gasteiger charge is 2.23. The smallest absolute Gasteiger partial charge is 0.343 e. The van der Waals surface area contributed by atoms with Crippen molar-refractivity contribution in [1.29, 1.82) is 0 Å². The zero-order valence-corrected chi connectivity index (χ0v) is 12.4. The number of rotatable bonds is 4. The second-order valence-electron chi connectivity index (χ2n) is 3.93. The second kappa shape index (κ2) is 5.62. The zero-order valence-electron chi connectivity index (χ0n) is 10.8. The van der Waals surface area contributed by atoms with Crippen LogP contribution in [0.2, 0.25) is 0 Å². The van der Waals surface area contributed by atoms with Crippen LogP contribution in [0, 0.1) is 10.1 Å². The topological polar surface area (TPSA) is 93.8 Å². The fourth-order valence-electron chi connectivity index (χ4n) is 1.76. The van der Waals surface area contributed by atoms with E-state index >= 15 is 0 Å². The summed E-state index contributed by atoms with van der Waals surface area (Å²) in [6, 6.07) is 7.71. The van der Waals surface area contributed by atoms with Gasteiger partial charge in [0.1, 0.15) is 6.33 Å². The predicted molar refractivity (Wildman–Crippen MR) is 82.0 cm³/mol. The van der Waals surface area contributed by atoms with Crippen LogP contribution in [0.1, 0.15) is 0 Å². The van der Waals surface area contributed by atoms with Gasteiger partial charge in [0, 0.05) is 7.05 Å². The van der Waals surface area contributed by atoms with Crippen molar-refractivity contribution in [3.8, 4) is 0 Å². The number of fused-ring (bicyclic) bond motifs is 1. The summed E-state index contributed by atoms with van der Waals surface area (Å²) in [5, 5.41) is 14.2. The van der Waals surface area contributed by atoms with Crippen LogP contribution in [0.15, 0.2) is 40.0 Å². The van der Waals surface area contributed by atoms with Gasteiger partial charge in [-0.15, -0.1) is 11.3 Å². The SMILES string of the molecule is CNc1ncnc(Sc2nc3ccccc3s2)c1[N+](=O)[O-]. The Morgan fingerprint density at radius 1 is 1.33 bits per heavy atom. The second-order valence-corrected chi connectivity index (χ2v) is 6.20. The third kappa shape index (κ3) is 2.65. The van der Waals surface area contributed by atoms with Crippen LogP contribution in [-0.4, -0.2) is 26.9 Å². The van der Waals surface area contributed by atoms with Crippen LogP contribution in [0.25, 0.3) is 10.2 Å². The standard InChI is InChI=1S/C12H9N5O2S2/c1-13-10-9(17(18)19)11(15-6-14-10)21-12-16-7-4-2-3-5-8(7)20-12/h2-6H,1H3,(H,13,14,15). The summed E-state index contributed by atoms with van der Waals surface area (Å²) in [7, 11) is 1.58. The first-order chi connectivity index (χ1) is 10.2. The lowest BCUT2D eigenvalue weighted by atomic mass is 10.3. The Morgan fingerprint density at radius 2 is 2.14 bits per heavy atom. The minimum Gasteiger partial charge on any atom is -0.367 e. The van der Waals surface area contributed by atoms with Crippen LogP contribution < -0.4 is 5.32 Å². The molecule has 3 aromatic rings. The minimum atomic E-state index is -0.485. The summed E-state index contributed by atoms with van der Waals surface area (Å²) < 4.78 is 1.74. The third-order valence-electron chi connectivity index (χ3n) is 2.67. The molecule has 0 bridgehead atoms. The van der Waals surface area contributed by atoms with Gasteiger partial charge in [-0.05, 0) is 23.9 Å². The average Bonchev–Trinajstić information content (AvgIpc) is 2.88. The number of thiazole rings is 1. The van der Waals surface area contributed by atoms with Gasteiger partial charge in [-0.25, -0.2) is 15.0 Å². The number of hydrogen-bond acceptors (Lipinski definition) is 8. The Morgan fingerprint density at radius 3 is 2.86 bits per heavy atom. The maximum atomic E-state index is 11.2. The van der Waals surface area contributed by atoms with E-state index in [-0.39, 0.29) is 16.5 Å². The van der Waals surface area contributed by atoms with E-state index in [0.717, 1.165) is 10.2 Å². The molecule has 106 valence electrons. The van der Waals surface area contributed by atoms with E-state index in [0.29, 0.717) is 4.34 Å². The zero-order chi connectivity index (χ0) is 14.8. The Balaban J connectivity index is 2.03. The predicted octanol–water partition coefficient (Wildman–Crippen LogP) is 3.19. The molecule has 0 saturated heterocycles. The van der Waals surface area contributed by atoms with E-state index in [2.05, 4.69) is 20.3 Å². The Labute approximate surface area is 127 Å².